The first-order valence-corrected chi connectivity index (χ1v) is 12.4. The predicted molar refractivity (Wildman–Crippen MR) is 142 cm³/mol. The number of hydrogen-bond acceptors (Lipinski definition) is 4. The zero-order chi connectivity index (χ0) is 24.6. The molecule has 0 saturated heterocycles. The molecule has 5 heteroatoms. The highest BCUT2D eigenvalue weighted by Gasteiger charge is 2.16. The lowest BCUT2D eigenvalue weighted by atomic mass is 9.97. The van der Waals surface area contributed by atoms with Crippen LogP contribution in [0, 0.1) is 5.92 Å². The second-order valence-electron chi connectivity index (χ2n) is 9.31. The molecule has 35 heavy (non-hydrogen) atoms. The summed E-state index contributed by atoms with van der Waals surface area (Å²) < 4.78 is 0. The number of hydrogen-bond donors (Lipinski definition) is 2. The average molecular weight is 468 g/mol. The minimum Gasteiger partial charge on any atom is -0.508 e. The molecule has 0 aliphatic rings. The van der Waals surface area contributed by atoms with Gasteiger partial charge in [0.2, 0.25) is 5.91 Å². The molecule has 0 fully saturated rings. The van der Waals surface area contributed by atoms with Crippen LogP contribution in [0.5, 0.6) is 5.75 Å². The second kappa shape index (κ2) is 11.6. The molecule has 180 valence electrons. The normalized spacial score (nSPS) is 11.9. The molecule has 0 spiro atoms. The van der Waals surface area contributed by atoms with Gasteiger partial charge < -0.3 is 10.4 Å². The van der Waals surface area contributed by atoms with Gasteiger partial charge >= 0.3 is 0 Å². The average Bonchev–Trinajstić information content (AvgIpc) is 2.85. The number of aromatic hydroxyl groups is 1. The summed E-state index contributed by atoms with van der Waals surface area (Å²) in [6, 6.07) is 21.2. The highest BCUT2D eigenvalue weighted by Crippen LogP contribution is 2.25. The third kappa shape index (κ3) is 6.66. The van der Waals surface area contributed by atoms with Crippen molar-refractivity contribution in [2.45, 2.75) is 52.4 Å². The third-order valence-corrected chi connectivity index (χ3v) is 6.29. The Bertz CT molecular complexity index is 1280. The van der Waals surface area contributed by atoms with Crippen molar-refractivity contribution in [1.82, 2.24) is 9.97 Å². The van der Waals surface area contributed by atoms with Crippen molar-refractivity contribution in [2.75, 3.05) is 5.32 Å². The van der Waals surface area contributed by atoms with Crippen molar-refractivity contribution in [1.29, 1.82) is 0 Å². The van der Waals surface area contributed by atoms with Crippen LogP contribution >= 0.6 is 0 Å². The summed E-state index contributed by atoms with van der Waals surface area (Å²) in [4.78, 5) is 22.4. The van der Waals surface area contributed by atoms with Crippen LogP contribution in [-0.2, 0) is 17.6 Å². The van der Waals surface area contributed by atoms with E-state index in [0.717, 1.165) is 46.1 Å². The third-order valence-electron chi connectivity index (χ3n) is 6.29. The Labute approximate surface area is 207 Å². The summed E-state index contributed by atoms with van der Waals surface area (Å²) in [7, 11) is 0. The fraction of sp³-hybridized carbons (Fsp3) is 0.300. The standard InChI is InChI=1S/C30H33N3O2/c1-3-4-5-8-21(2)17-27-30(31-20-28(32-27)24-13-15-26(34)16-14-24)33-29(35)19-22-11-12-23-9-6-7-10-25(23)18-22/h6-7,9-16,18,20-21,34H,3-5,8,17,19H2,1-2H3,(H,31,33,35). The van der Waals surface area contributed by atoms with Crippen molar-refractivity contribution in [3.8, 4) is 17.0 Å². The number of carbonyl (C=O) groups excluding carboxylic acids is 1. The Balaban J connectivity index is 1.53. The van der Waals surface area contributed by atoms with Gasteiger partial charge in [0.05, 0.1) is 24.0 Å². The van der Waals surface area contributed by atoms with E-state index in [4.69, 9.17) is 4.98 Å². The number of amides is 1. The lowest BCUT2D eigenvalue weighted by molar-refractivity contribution is -0.115. The molecule has 2 N–H and O–H groups in total. The lowest BCUT2D eigenvalue weighted by Gasteiger charge is -2.15. The number of anilines is 1. The van der Waals surface area contributed by atoms with E-state index in [9.17, 15) is 9.90 Å². The number of phenols is 1. The van der Waals surface area contributed by atoms with E-state index in [1.165, 1.54) is 19.3 Å². The number of unbranched alkanes of at least 4 members (excludes halogenated alkanes) is 2. The van der Waals surface area contributed by atoms with Gasteiger partial charge in [-0.3, -0.25) is 4.79 Å². The fourth-order valence-electron chi connectivity index (χ4n) is 4.33. The minimum absolute atomic E-state index is 0.105. The number of rotatable bonds is 10. The topological polar surface area (TPSA) is 75.1 Å². The van der Waals surface area contributed by atoms with Gasteiger partial charge in [0.1, 0.15) is 5.75 Å². The van der Waals surface area contributed by atoms with Gasteiger partial charge in [-0.05, 0) is 52.9 Å². The van der Waals surface area contributed by atoms with E-state index in [-0.39, 0.29) is 18.1 Å². The summed E-state index contributed by atoms with van der Waals surface area (Å²) in [5.74, 6) is 1.07. The van der Waals surface area contributed by atoms with E-state index in [1.54, 1.807) is 18.3 Å². The number of benzene rings is 3. The smallest absolute Gasteiger partial charge is 0.229 e. The molecule has 1 atom stereocenters. The number of nitrogens with zero attached hydrogens (tertiary/aromatic N) is 2. The van der Waals surface area contributed by atoms with Crippen LogP contribution in [0.4, 0.5) is 5.82 Å². The molecule has 5 nitrogen and oxygen atoms in total. The fourth-order valence-corrected chi connectivity index (χ4v) is 4.33. The molecule has 0 aliphatic carbocycles. The second-order valence-corrected chi connectivity index (χ2v) is 9.31. The summed E-state index contributed by atoms with van der Waals surface area (Å²) in [5.41, 5.74) is 3.37. The zero-order valence-electron chi connectivity index (χ0n) is 20.5. The van der Waals surface area contributed by atoms with Crippen LogP contribution in [0.15, 0.2) is 72.9 Å². The number of aromatic nitrogens is 2. The maximum absolute atomic E-state index is 13.0. The monoisotopic (exact) mass is 467 g/mol. The Hall–Kier alpha value is -3.73. The van der Waals surface area contributed by atoms with Crippen LogP contribution in [0.2, 0.25) is 0 Å². The molecular weight excluding hydrogens is 434 g/mol. The first kappa shape index (κ1) is 24.4. The zero-order valence-corrected chi connectivity index (χ0v) is 20.5. The lowest BCUT2D eigenvalue weighted by Crippen LogP contribution is -2.18. The molecule has 4 rings (SSSR count). The summed E-state index contributed by atoms with van der Waals surface area (Å²) in [6.07, 6.45) is 7.42. The van der Waals surface area contributed by atoms with Gasteiger partial charge in [0.25, 0.3) is 0 Å². The first-order chi connectivity index (χ1) is 17.0. The van der Waals surface area contributed by atoms with Gasteiger partial charge in [0.15, 0.2) is 5.82 Å². The minimum atomic E-state index is -0.105. The Morgan fingerprint density at radius 2 is 1.77 bits per heavy atom. The highest BCUT2D eigenvalue weighted by atomic mass is 16.3. The SMILES string of the molecule is CCCCCC(C)Cc1nc(-c2ccc(O)cc2)cnc1NC(=O)Cc1ccc2ccccc2c1. The number of phenolic OH excluding ortho intramolecular Hbond substituents is 1. The molecule has 0 radical (unpaired) electrons. The first-order valence-electron chi connectivity index (χ1n) is 12.4. The summed E-state index contributed by atoms with van der Waals surface area (Å²) in [6.45, 7) is 4.44. The van der Waals surface area contributed by atoms with Crippen LogP contribution in [0.3, 0.4) is 0 Å². The molecule has 4 aromatic rings. The van der Waals surface area contributed by atoms with Crippen molar-refractivity contribution < 1.29 is 9.90 Å². The van der Waals surface area contributed by atoms with Crippen LogP contribution < -0.4 is 5.32 Å². The van der Waals surface area contributed by atoms with Gasteiger partial charge in [-0.25, -0.2) is 9.97 Å². The van der Waals surface area contributed by atoms with Gasteiger partial charge in [-0.15, -0.1) is 0 Å². The molecule has 1 aromatic heterocycles. The van der Waals surface area contributed by atoms with Crippen LogP contribution in [0.25, 0.3) is 22.0 Å². The van der Waals surface area contributed by atoms with Crippen LogP contribution in [0.1, 0.15) is 50.8 Å². The molecular formula is C30H33N3O2. The maximum Gasteiger partial charge on any atom is 0.229 e. The van der Waals surface area contributed by atoms with E-state index in [1.807, 2.05) is 36.4 Å². The molecule has 3 aromatic carbocycles. The van der Waals surface area contributed by atoms with Gasteiger partial charge in [0, 0.05) is 5.56 Å². The number of fused-ring (bicyclic) bond motifs is 1. The number of nitrogens with one attached hydrogen (secondary N) is 1. The maximum atomic E-state index is 13.0. The van der Waals surface area contributed by atoms with E-state index >= 15 is 0 Å². The van der Waals surface area contributed by atoms with Crippen LogP contribution in [-0.4, -0.2) is 21.0 Å². The molecule has 0 aliphatic heterocycles. The summed E-state index contributed by atoms with van der Waals surface area (Å²) in [5, 5.41) is 14.9. The van der Waals surface area contributed by atoms with Gasteiger partial charge in [-0.1, -0.05) is 82.0 Å². The Kier molecular flexibility index (Phi) is 8.09. The van der Waals surface area contributed by atoms with Crippen molar-refractivity contribution in [2.24, 2.45) is 5.92 Å². The molecule has 0 bridgehead atoms. The molecule has 1 heterocycles. The van der Waals surface area contributed by atoms with Crippen molar-refractivity contribution in [3.05, 3.63) is 84.2 Å². The quantitative estimate of drug-likeness (QED) is 0.248. The molecule has 0 saturated carbocycles. The summed E-state index contributed by atoms with van der Waals surface area (Å²) >= 11 is 0. The Morgan fingerprint density at radius 1 is 1.00 bits per heavy atom. The molecule has 1 amide bonds. The van der Waals surface area contributed by atoms with E-state index in [0.29, 0.717) is 11.7 Å². The van der Waals surface area contributed by atoms with Gasteiger partial charge in [-0.2, -0.15) is 0 Å². The van der Waals surface area contributed by atoms with E-state index in [2.05, 4.69) is 42.3 Å². The highest BCUT2D eigenvalue weighted by molar-refractivity contribution is 5.93. The Morgan fingerprint density at radius 3 is 2.54 bits per heavy atom. The van der Waals surface area contributed by atoms with E-state index < -0.39 is 0 Å². The largest absolute Gasteiger partial charge is 0.508 e. The van der Waals surface area contributed by atoms with Crippen molar-refractivity contribution in [3.63, 3.8) is 0 Å². The number of carbonyl (C=O) groups is 1. The van der Waals surface area contributed by atoms with Crippen molar-refractivity contribution >= 4 is 22.5 Å². The predicted octanol–water partition coefficient (Wildman–Crippen LogP) is 6.94. The molecule has 1 unspecified atom stereocenters.